The minimum atomic E-state index is -10.7. The Morgan fingerprint density at radius 2 is 0.474 bits per heavy atom. The molecular weight excluding hydrogens is 1200 g/mol. The second-order valence-corrected chi connectivity index (χ2v) is 24.2. The van der Waals surface area contributed by atoms with E-state index < -0.39 is 31.2 Å². The zero-order valence-corrected chi connectivity index (χ0v) is 43.9. The number of benzene rings is 2. The molecule has 0 radical (unpaired) electrons. The Labute approximate surface area is 428 Å². The van der Waals surface area contributed by atoms with Crippen molar-refractivity contribution in [2.75, 3.05) is 0 Å². The number of imidazole rings is 4. The number of fused-ring (bicyclic) bond motifs is 10. The fourth-order valence-electron chi connectivity index (χ4n) is 6.35. The van der Waals surface area contributed by atoms with Crippen molar-refractivity contribution in [2.24, 2.45) is 0 Å². The number of aryl methyl sites for hydroxylation is 4. The van der Waals surface area contributed by atoms with Gasteiger partial charge in [0.05, 0.1) is 38.3 Å². The summed E-state index contributed by atoms with van der Waals surface area (Å²) < 4.78 is 255. The second kappa shape index (κ2) is 22.8. The summed E-state index contributed by atoms with van der Waals surface area (Å²) in [5.41, 5.74) is 5.49. The van der Waals surface area contributed by atoms with Crippen LogP contribution in [0.3, 0.4) is 0 Å². The van der Waals surface area contributed by atoms with E-state index >= 15 is 0 Å². The number of nitriles is 2. The fraction of sp³-hybridized carbons (Fsp3) is 0.350. The van der Waals surface area contributed by atoms with Crippen molar-refractivity contribution in [1.29, 1.82) is 10.5 Å². The van der Waals surface area contributed by atoms with E-state index in [1.165, 1.54) is 36.1 Å². The van der Waals surface area contributed by atoms with Gasteiger partial charge >= 0.3 is 132 Å². The number of rotatable bonds is 0. The van der Waals surface area contributed by atoms with Crippen molar-refractivity contribution in [3.05, 3.63) is 146 Å². The SMILES string of the molecule is CC#N.CC#N.F[P-](F)(F)(F)(F)F.F[P-](F)(F)(F)(F)F.F[P-](F)(F)(F)(F)F.F[P-](F)(F)(F)(F)F.c1ccc2c(c1)C[n+]1ccn(c1)CCCCn1cc[n+](c1)Cc1ccccc1C[n+]1ccn(c1)CCCCn1cc[n+](c1)C2. The molecule has 0 spiro atoms. The van der Waals surface area contributed by atoms with Crippen LogP contribution in [-0.2, 0) is 52.4 Å². The quantitative estimate of drug-likeness (QED) is 0.0862. The summed E-state index contributed by atoms with van der Waals surface area (Å²) >= 11 is 0. The van der Waals surface area contributed by atoms with Crippen LogP contribution in [0.2, 0.25) is 0 Å². The third-order valence-corrected chi connectivity index (χ3v) is 8.80. The van der Waals surface area contributed by atoms with E-state index in [2.05, 4.69) is 160 Å². The van der Waals surface area contributed by atoms with Gasteiger partial charge < -0.3 is 0 Å². The van der Waals surface area contributed by atoms with Crippen LogP contribution in [0, 0.1) is 22.7 Å². The van der Waals surface area contributed by atoms with Gasteiger partial charge in [0.25, 0.3) is 0 Å². The first-order valence-electron chi connectivity index (χ1n) is 21.6. The molecule has 10 nitrogen and oxygen atoms in total. The maximum Gasteiger partial charge on any atom is 0.244 e. The van der Waals surface area contributed by atoms with Crippen LogP contribution < -0.4 is 18.3 Å². The van der Waals surface area contributed by atoms with Crippen molar-refractivity contribution in [3.63, 3.8) is 0 Å². The van der Waals surface area contributed by atoms with Gasteiger partial charge in [-0.15, -0.1) is 0 Å². The van der Waals surface area contributed by atoms with E-state index in [1.807, 2.05) is 0 Å². The van der Waals surface area contributed by atoms with Crippen LogP contribution in [0.5, 0.6) is 0 Å². The minimum absolute atomic E-state index is 0.885. The Kier molecular flexibility index (Phi) is 20.6. The Bertz CT molecular complexity index is 2520. The molecule has 0 N–H and O–H groups in total. The molecule has 1 aliphatic heterocycles. The Morgan fingerprint density at radius 1 is 0.333 bits per heavy atom. The molecule has 6 aromatic rings. The molecule has 0 saturated heterocycles. The van der Waals surface area contributed by atoms with Crippen LogP contribution in [0.1, 0.15) is 61.8 Å². The van der Waals surface area contributed by atoms with Gasteiger partial charge in [0.15, 0.2) is 0 Å². The summed E-state index contributed by atoms with van der Waals surface area (Å²) in [5.74, 6) is 0. The van der Waals surface area contributed by atoms with Crippen LogP contribution >= 0.6 is 31.2 Å². The summed E-state index contributed by atoms with van der Waals surface area (Å²) in [6, 6.07) is 21.2. The van der Waals surface area contributed by atoms with E-state index in [9.17, 15) is 101 Å². The molecule has 7 rings (SSSR count). The standard InChI is InChI=1S/C36H44N8.2C2H3N.4F6P/c1-2-10-34-26-42-22-18-38(30-42)14-7-8-16-40-20-24-44(32-40)28-36-12-4-3-11-35(36)27-43-23-19-39(31-43)15-6-5-13-37-17-21-41(29-37)25-33(34)9-1;2*1-2-3;4*1-7(2,3,4,5)6/h1-4,9-12,17-24,29-32H,5-8,13-16,25-28H2;2*1H3;;;;/q+4;;;4*-1. The van der Waals surface area contributed by atoms with E-state index in [-0.39, 0.29) is 0 Å². The van der Waals surface area contributed by atoms with Crippen molar-refractivity contribution in [3.8, 4) is 12.1 Å². The number of hydrogen-bond acceptors (Lipinski definition) is 2. The molecule has 5 heterocycles. The van der Waals surface area contributed by atoms with Gasteiger partial charge in [-0.1, -0.05) is 48.5 Å². The Morgan fingerprint density at radius 3 is 0.615 bits per heavy atom. The molecule has 0 unspecified atom stereocenters. The molecule has 0 aliphatic carbocycles. The maximum atomic E-state index is 9.87. The van der Waals surface area contributed by atoms with Crippen molar-refractivity contribution < 1.29 is 119 Å². The van der Waals surface area contributed by atoms with Gasteiger partial charge in [0.2, 0.25) is 25.3 Å². The van der Waals surface area contributed by atoms with E-state index in [0.29, 0.717) is 0 Å². The van der Waals surface area contributed by atoms with Gasteiger partial charge in [-0.3, -0.25) is 0 Å². The third kappa shape index (κ3) is 49.8. The Balaban J connectivity index is 0.000000726. The zero-order chi connectivity index (χ0) is 60.6. The van der Waals surface area contributed by atoms with Gasteiger partial charge in [0.1, 0.15) is 75.8 Å². The predicted octanol–water partition coefficient (Wildman–Crippen LogP) is 18.1. The van der Waals surface area contributed by atoms with E-state index in [1.54, 1.807) is 12.1 Å². The first-order chi connectivity index (χ1) is 34.4. The molecule has 1 aliphatic rings. The van der Waals surface area contributed by atoms with Crippen LogP contribution in [0.4, 0.5) is 101 Å². The third-order valence-electron chi connectivity index (χ3n) is 8.80. The van der Waals surface area contributed by atoms with Crippen molar-refractivity contribution in [2.45, 2.75) is 91.9 Å². The number of aromatic nitrogens is 8. The van der Waals surface area contributed by atoms with E-state index in [4.69, 9.17) is 10.5 Å². The molecule has 78 heavy (non-hydrogen) atoms. The van der Waals surface area contributed by atoms with E-state index in [0.717, 1.165) is 78.0 Å². The molecule has 448 valence electrons. The van der Waals surface area contributed by atoms with Gasteiger partial charge in [-0.25, -0.2) is 36.5 Å². The van der Waals surface area contributed by atoms with Crippen LogP contribution in [-0.4, -0.2) is 18.3 Å². The van der Waals surface area contributed by atoms with Crippen molar-refractivity contribution >= 4 is 31.2 Å². The summed E-state index contributed by atoms with van der Waals surface area (Å²) in [7, 11) is -42.6. The maximum absolute atomic E-state index is 10.7. The van der Waals surface area contributed by atoms with Gasteiger partial charge in [-0.05, 0) is 25.7 Å². The van der Waals surface area contributed by atoms with Crippen LogP contribution in [0.15, 0.2) is 123 Å². The summed E-state index contributed by atoms with van der Waals surface area (Å²) in [4.78, 5) is 0. The molecule has 0 fully saturated rings. The number of halogens is 24. The molecule has 4 aromatic heterocycles. The topological polar surface area (TPSA) is 82.8 Å². The summed E-state index contributed by atoms with van der Waals surface area (Å²) in [6.07, 6.45) is 31.3. The Hall–Kier alpha value is -5.70. The molecule has 0 saturated carbocycles. The monoisotopic (exact) mass is 1250 g/mol. The molecule has 38 heteroatoms. The average molecular weight is 1250 g/mol. The molecular formula is C40H50F24N10P4. The van der Waals surface area contributed by atoms with Crippen LogP contribution in [0.25, 0.3) is 0 Å². The molecule has 8 bridgehead atoms. The summed E-state index contributed by atoms with van der Waals surface area (Å²) in [5, 5.41) is 14.6. The zero-order valence-electron chi connectivity index (χ0n) is 40.4. The minimum Gasteiger partial charge on any atom is -0.237 e. The first kappa shape index (κ1) is 70.3. The number of hydrogen-bond donors (Lipinski definition) is 0. The molecule has 2 aromatic carbocycles. The smallest absolute Gasteiger partial charge is 0.237 e. The average Bonchev–Trinajstić information content (AvgIpc) is 4.02. The number of nitrogens with zero attached hydrogens (tertiary/aromatic N) is 10. The largest absolute Gasteiger partial charge is 0.244 e. The molecule has 0 amide bonds. The fourth-order valence-corrected chi connectivity index (χ4v) is 6.35. The summed E-state index contributed by atoms with van der Waals surface area (Å²) in [6.45, 7) is 10.5. The molecule has 0 atom stereocenters. The normalized spacial score (nSPS) is 17.0. The van der Waals surface area contributed by atoms with Gasteiger partial charge in [-0.2, -0.15) is 10.5 Å². The van der Waals surface area contributed by atoms with Crippen molar-refractivity contribution in [1.82, 2.24) is 18.3 Å². The first-order valence-corrected chi connectivity index (χ1v) is 29.7. The second-order valence-electron chi connectivity index (χ2n) is 16.5. The van der Waals surface area contributed by atoms with Gasteiger partial charge in [0, 0.05) is 36.1 Å². The predicted molar refractivity (Wildman–Crippen MR) is 243 cm³/mol.